The first-order chi connectivity index (χ1) is 20.8. The van der Waals surface area contributed by atoms with Crippen molar-refractivity contribution in [1.82, 2.24) is 0 Å². The van der Waals surface area contributed by atoms with Crippen molar-refractivity contribution in [3.63, 3.8) is 0 Å². The van der Waals surface area contributed by atoms with Crippen LogP contribution in [0.3, 0.4) is 0 Å². The van der Waals surface area contributed by atoms with Crippen molar-refractivity contribution in [2.75, 3.05) is 34.2 Å². The maximum atomic E-state index is 13.5. The Morgan fingerprint density at radius 2 is 1.60 bits per heavy atom. The van der Waals surface area contributed by atoms with Gasteiger partial charge < -0.3 is 55.9 Å². The van der Waals surface area contributed by atoms with Gasteiger partial charge in [-0.25, -0.2) is 0 Å². The molecule has 0 spiro atoms. The van der Waals surface area contributed by atoms with E-state index in [4.69, 9.17) is 45.7 Å². The minimum Gasteiger partial charge on any atom is -0.493 e. The summed E-state index contributed by atoms with van der Waals surface area (Å²) in [6.45, 7) is 1.99. The van der Waals surface area contributed by atoms with Crippen molar-refractivity contribution in [1.29, 1.82) is 0 Å². The average Bonchev–Trinajstić information content (AvgIpc) is 3.64. The molecule has 3 fully saturated rings. The fourth-order valence-electron chi connectivity index (χ4n) is 6.80. The topological polar surface area (TPSA) is 150 Å². The van der Waals surface area contributed by atoms with E-state index < -0.39 is 66.8 Å². The molecule has 0 radical (unpaired) electrons. The van der Waals surface area contributed by atoms with Crippen LogP contribution in [0.2, 0.25) is 0 Å². The normalized spacial score (nSPS) is 35.8. The maximum absolute atomic E-state index is 13.5. The molecule has 0 aromatic heterocycles. The van der Waals surface area contributed by atoms with Crippen molar-refractivity contribution in [3.05, 3.63) is 41.0 Å². The van der Waals surface area contributed by atoms with Gasteiger partial charge in [0.25, 0.3) is 0 Å². The zero-order valence-corrected chi connectivity index (χ0v) is 25.6. The Labute approximate surface area is 260 Å². The summed E-state index contributed by atoms with van der Waals surface area (Å²) in [7, 11) is 3.05. The Hall–Kier alpha value is -2.60. The van der Waals surface area contributed by atoms with Crippen molar-refractivity contribution >= 4 is 29.0 Å². The van der Waals surface area contributed by atoms with Crippen LogP contribution < -0.4 is 22.0 Å². The number of halogens is 1. The first-order valence-corrected chi connectivity index (χ1v) is 14.8. The van der Waals surface area contributed by atoms with Crippen molar-refractivity contribution < 1.29 is 60.7 Å². The standard InChI is InChI=1S/C29H31IO13/c1-11-36-9-20-27(40-11)23(31)24(32)29(41-20)42-25-14-7-17-16(38-10-39-17)6-13(14)21(22-15(25)8-37-28(22)33)12-4-18(34-2)26(43-30)19(5-12)35-3/h4-7,11,15,20-25,27,29,31-32H,8-10H2,1-3H3/t11-,15+,20-,21-,22+,23-,24-,25-,27-,29+/m1/s1. The van der Waals surface area contributed by atoms with E-state index in [9.17, 15) is 15.0 Å². The Morgan fingerprint density at radius 1 is 0.907 bits per heavy atom. The van der Waals surface area contributed by atoms with Crippen molar-refractivity contribution in [2.24, 2.45) is 11.8 Å². The number of methoxy groups -OCH3 is 2. The number of fused-ring (bicyclic) bond motifs is 4. The quantitative estimate of drug-likeness (QED) is 0.334. The molecule has 1 aliphatic carbocycles. The smallest absolute Gasteiger partial charge is 0.310 e. The highest BCUT2D eigenvalue weighted by molar-refractivity contribution is 14.1. The lowest BCUT2D eigenvalue weighted by Crippen LogP contribution is -2.63. The molecular weight excluding hydrogens is 683 g/mol. The fourth-order valence-corrected chi connectivity index (χ4v) is 7.23. The number of rotatable bonds is 6. The second-order valence-corrected chi connectivity index (χ2v) is 11.5. The van der Waals surface area contributed by atoms with Gasteiger partial charge in [0.15, 0.2) is 58.6 Å². The number of cyclic esters (lactones) is 1. The molecule has 2 N–H and O–H groups in total. The third kappa shape index (κ3) is 4.78. The molecule has 232 valence electrons. The van der Waals surface area contributed by atoms with Gasteiger partial charge in [0, 0.05) is 11.8 Å². The molecule has 2 aromatic carbocycles. The molecule has 0 amide bonds. The summed E-state index contributed by atoms with van der Waals surface area (Å²) in [6, 6.07) is 7.30. The summed E-state index contributed by atoms with van der Waals surface area (Å²) in [6.07, 6.45) is -6.71. The van der Waals surface area contributed by atoms with Crippen molar-refractivity contribution in [3.8, 4) is 28.7 Å². The number of ether oxygens (including phenoxy) is 9. The molecule has 0 bridgehead atoms. The molecule has 3 saturated heterocycles. The van der Waals surface area contributed by atoms with E-state index in [-0.39, 0.29) is 20.0 Å². The predicted octanol–water partition coefficient (Wildman–Crippen LogP) is 2.36. The Bertz CT molecular complexity index is 1380. The van der Waals surface area contributed by atoms with E-state index in [2.05, 4.69) is 0 Å². The molecule has 14 heteroatoms. The van der Waals surface area contributed by atoms with Crippen LogP contribution in [0.5, 0.6) is 28.7 Å². The first-order valence-electron chi connectivity index (χ1n) is 13.9. The van der Waals surface area contributed by atoms with Gasteiger partial charge in [0.1, 0.15) is 24.4 Å². The summed E-state index contributed by atoms with van der Waals surface area (Å²) in [4.78, 5) is 13.5. The van der Waals surface area contributed by atoms with Crippen LogP contribution in [0.25, 0.3) is 0 Å². The number of benzene rings is 2. The van der Waals surface area contributed by atoms with Crippen LogP contribution >= 0.6 is 23.0 Å². The van der Waals surface area contributed by atoms with Crippen LogP contribution in [-0.4, -0.2) is 87.4 Å². The highest BCUT2D eigenvalue weighted by atomic mass is 127. The SMILES string of the molecule is COc1cc([C@@H]2c3cc4c(cc3[C@@H](O[C@@H]3O[C@@H]5CO[C@@H](C)O[C@H]5[C@H](O)[C@H]3O)[C@H]3COC(=O)[C@H]23)OCO4)cc(OC)c1OI. The number of aliphatic hydroxyl groups excluding tert-OH is 2. The number of carbonyl (C=O) groups excluding carboxylic acids is 1. The van der Waals surface area contributed by atoms with Gasteiger partial charge in [-0.15, -0.1) is 0 Å². The molecule has 2 aromatic rings. The molecule has 10 atom stereocenters. The average molecular weight is 714 g/mol. The largest absolute Gasteiger partial charge is 0.493 e. The maximum Gasteiger partial charge on any atom is 0.310 e. The van der Waals surface area contributed by atoms with Crippen LogP contribution in [0.4, 0.5) is 0 Å². The molecule has 13 nitrogen and oxygen atoms in total. The Kier molecular flexibility index (Phi) is 7.72. The van der Waals surface area contributed by atoms with Gasteiger partial charge in [-0.3, -0.25) is 4.79 Å². The lowest BCUT2D eigenvalue weighted by atomic mass is 9.66. The van der Waals surface area contributed by atoms with Gasteiger partial charge in [-0.05, 0) is 47.9 Å². The molecular formula is C29H31IO13. The molecule has 5 aliphatic rings. The van der Waals surface area contributed by atoms with E-state index in [0.717, 1.165) is 11.1 Å². The van der Waals surface area contributed by atoms with Crippen LogP contribution in [0.1, 0.15) is 35.6 Å². The van der Waals surface area contributed by atoms with E-state index in [0.29, 0.717) is 34.3 Å². The summed E-state index contributed by atoms with van der Waals surface area (Å²) in [5.74, 6) is 0.251. The van der Waals surface area contributed by atoms with E-state index in [1.807, 2.05) is 24.3 Å². The van der Waals surface area contributed by atoms with E-state index in [1.165, 1.54) is 14.2 Å². The van der Waals surface area contributed by atoms with Gasteiger partial charge in [0.05, 0.1) is 39.5 Å². The number of aliphatic hydroxyl groups is 2. The fraction of sp³-hybridized carbons (Fsp3) is 0.552. The third-order valence-corrected chi connectivity index (χ3v) is 9.24. The van der Waals surface area contributed by atoms with Crippen molar-refractivity contribution in [2.45, 2.75) is 55.9 Å². The number of hydrogen-bond acceptors (Lipinski definition) is 13. The summed E-state index contributed by atoms with van der Waals surface area (Å²) >= 11 is 1.76. The molecule has 7 rings (SSSR count). The van der Waals surface area contributed by atoms with E-state index in [1.54, 1.807) is 29.9 Å². The third-order valence-electron chi connectivity index (χ3n) is 8.80. The molecule has 0 unspecified atom stereocenters. The number of carbonyl (C=O) groups is 1. The zero-order valence-electron chi connectivity index (χ0n) is 23.5. The molecule has 43 heavy (non-hydrogen) atoms. The molecule has 0 saturated carbocycles. The minimum absolute atomic E-state index is 0.0464. The minimum atomic E-state index is -1.42. The van der Waals surface area contributed by atoms with Gasteiger partial charge in [0.2, 0.25) is 12.5 Å². The number of esters is 1. The van der Waals surface area contributed by atoms with Crippen LogP contribution in [-0.2, 0) is 28.5 Å². The second-order valence-electron chi connectivity index (χ2n) is 11.0. The van der Waals surface area contributed by atoms with Crippen LogP contribution in [0, 0.1) is 11.8 Å². The Morgan fingerprint density at radius 3 is 2.28 bits per heavy atom. The summed E-state index contributed by atoms with van der Waals surface area (Å²) < 4.78 is 57.7. The van der Waals surface area contributed by atoms with Gasteiger partial charge in [-0.1, -0.05) is 0 Å². The van der Waals surface area contributed by atoms with Crippen LogP contribution in [0.15, 0.2) is 24.3 Å². The number of hydrogen-bond donors (Lipinski definition) is 2. The lowest BCUT2D eigenvalue weighted by Gasteiger charge is -2.47. The second kappa shape index (κ2) is 11.4. The lowest BCUT2D eigenvalue weighted by molar-refractivity contribution is -0.364. The summed E-state index contributed by atoms with van der Waals surface area (Å²) in [5, 5.41) is 22.0. The van der Waals surface area contributed by atoms with Gasteiger partial charge >= 0.3 is 5.97 Å². The van der Waals surface area contributed by atoms with Gasteiger partial charge in [-0.2, -0.15) is 0 Å². The Balaban J connectivity index is 1.32. The highest BCUT2D eigenvalue weighted by Gasteiger charge is 2.56. The summed E-state index contributed by atoms with van der Waals surface area (Å²) in [5.41, 5.74) is 2.18. The molecule has 4 heterocycles. The highest BCUT2D eigenvalue weighted by Crippen LogP contribution is 2.57. The monoisotopic (exact) mass is 714 g/mol. The van der Waals surface area contributed by atoms with E-state index >= 15 is 0 Å². The predicted molar refractivity (Wildman–Crippen MR) is 151 cm³/mol. The zero-order chi connectivity index (χ0) is 30.0. The first kappa shape index (κ1) is 29.1. The molecule has 4 aliphatic heterocycles.